The van der Waals surface area contributed by atoms with Crippen molar-refractivity contribution in [2.24, 2.45) is 5.73 Å². The molecule has 23 heavy (non-hydrogen) atoms. The summed E-state index contributed by atoms with van der Waals surface area (Å²) >= 11 is 0. The number of benzene rings is 2. The van der Waals surface area contributed by atoms with Gasteiger partial charge in [0.15, 0.2) is 0 Å². The molecule has 0 aromatic heterocycles. The SMILES string of the molecule is COc1ccc(NC(=O)c2ccc(F)cc2)c(NC(=O)CN)c1. The van der Waals surface area contributed by atoms with Crippen molar-refractivity contribution in [2.45, 2.75) is 0 Å². The van der Waals surface area contributed by atoms with Crippen molar-refractivity contribution in [3.05, 3.63) is 53.8 Å². The number of nitrogens with two attached hydrogens (primary N) is 1. The molecule has 2 rings (SSSR count). The smallest absolute Gasteiger partial charge is 0.255 e. The molecule has 4 N–H and O–H groups in total. The molecule has 0 bridgehead atoms. The molecule has 0 spiro atoms. The fourth-order valence-electron chi connectivity index (χ4n) is 1.86. The van der Waals surface area contributed by atoms with Crippen molar-refractivity contribution in [3.8, 4) is 5.75 Å². The van der Waals surface area contributed by atoms with E-state index >= 15 is 0 Å². The van der Waals surface area contributed by atoms with Crippen molar-refractivity contribution in [3.63, 3.8) is 0 Å². The summed E-state index contributed by atoms with van der Waals surface area (Å²) < 4.78 is 18.0. The number of carbonyl (C=O) groups is 2. The van der Waals surface area contributed by atoms with Gasteiger partial charge in [-0.2, -0.15) is 0 Å². The predicted molar refractivity (Wildman–Crippen MR) is 85.0 cm³/mol. The Balaban J connectivity index is 2.25. The van der Waals surface area contributed by atoms with Gasteiger partial charge in [0, 0.05) is 11.6 Å². The van der Waals surface area contributed by atoms with E-state index in [0.717, 1.165) is 0 Å². The number of halogens is 1. The van der Waals surface area contributed by atoms with Crippen molar-refractivity contribution in [1.82, 2.24) is 0 Å². The summed E-state index contributed by atoms with van der Waals surface area (Å²) in [4.78, 5) is 23.7. The Hall–Kier alpha value is -2.93. The molecule has 0 saturated carbocycles. The zero-order valence-electron chi connectivity index (χ0n) is 12.4. The molecule has 2 aromatic rings. The van der Waals surface area contributed by atoms with Gasteiger partial charge in [0.2, 0.25) is 5.91 Å². The van der Waals surface area contributed by atoms with Crippen molar-refractivity contribution >= 4 is 23.2 Å². The quantitative estimate of drug-likeness (QED) is 0.786. The topological polar surface area (TPSA) is 93.5 Å². The van der Waals surface area contributed by atoms with E-state index in [1.54, 1.807) is 18.2 Å². The number of hydrogen-bond donors (Lipinski definition) is 3. The number of anilines is 2. The van der Waals surface area contributed by atoms with Crippen LogP contribution >= 0.6 is 0 Å². The molecule has 0 fully saturated rings. The minimum absolute atomic E-state index is 0.192. The van der Waals surface area contributed by atoms with E-state index in [4.69, 9.17) is 10.5 Å². The monoisotopic (exact) mass is 317 g/mol. The van der Waals surface area contributed by atoms with E-state index in [1.165, 1.54) is 31.4 Å². The molecular formula is C16H16FN3O3. The maximum absolute atomic E-state index is 12.9. The van der Waals surface area contributed by atoms with Crippen molar-refractivity contribution in [2.75, 3.05) is 24.3 Å². The van der Waals surface area contributed by atoms with Crippen LogP contribution in [0.15, 0.2) is 42.5 Å². The van der Waals surface area contributed by atoms with Gasteiger partial charge in [0.05, 0.1) is 25.0 Å². The molecular weight excluding hydrogens is 301 g/mol. The summed E-state index contributed by atoms with van der Waals surface area (Å²) in [6.45, 7) is -0.192. The zero-order valence-corrected chi connectivity index (χ0v) is 12.4. The highest BCUT2D eigenvalue weighted by Gasteiger charge is 2.12. The number of amides is 2. The van der Waals surface area contributed by atoms with Crippen LogP contribution in [0.2, 0.25) is 0 Å². The van der Waals surface area contributed by atoms with E-state index in [1.807, 2.05) is 0 Å². The summed E-state index contributed by atoms with van der Waals surface area (Å²) in [6.07, 6.45) is 0. The third-order valence-electron chi connectivity index (χ3n) is 3.04. The zero-order chi connectivity index (χ0) is 16.8. The first-order chi connectivity index (χ1) is 11.0. The molecule has 0 atom stereocenters. The van der Waals surface area contributed by atoms with Gasteiger partial charge >= 0.3 is 0 Å². The number of nitrogens with one attached hydrogen (secondary N) is 2. The fraction of sp³-hybridized carbons (Fsp3) is 0.125. The van der Waals surface area contributed by atoms with Crippen molar-refractivity contribution < 1.29 is 18.7 Å². The summed E-state index contributed by atoms with van der Waals surface area (Å²) in [5, 5.41) is 5.24. The fourth-order valence-corrected chi connectivity index (χ4v) is 1.86. The molecule has 2 amide bonds. The summed E-state index contributed by atoms with van der Waals surface area (Å²) in [7, 11) is 1.49. The van der Waals surface area contributed by atoms with Gasteiger partial charge in [-0.15, -0.1) is 0 Å². The van der Waals surface area contributed by atoms with Crippen LogP contribution in [0, 0.1) is 5.82 Å². The Morgan fingerprint density at radius 1 is 1.09 bits per heavy atom. The van der Waals surface area contributed by atoms with E-state index in [2.05, 4.69) is 10.6 Å². The maximum Gasteiger partial charge on any atom is 0.255 e. The van der Waals surface area contributed by atoms with Gasteiger partial charge in [-0.3, -0.25) is 9.59 Å². The third kappa shape index (κ3) is 4.27. The van der Waals surface area contributed by atoms with E-state index < -0.39 is 17.6 Å². The van der Waals surface area contributed by atoms with Crippen LogP contribution in [0.4, 0.5) is 15.8 Å². The number of methoxy groups -OCH3 is 1. The first-order valence-electron chi connectivity index (χ1n) is 6.78. The number of ether oxygens (including phenoxy) is 1. The standard InChI is InChI=1S/C16H16FN3O3/c1-23-12-6-7-13(14(8-12)19-15(21)9-18)20-16(22)10-2-4-11(17)5-3-10/h2-8H,9,18H2,1H3,(H,19,21)(H,20,22). The van der Waals surface area contributed by atoms with Gasteiger partial charge in [-0.05, 0) is 36.4 Å². The highest BCUT2D eigenvalue weighted by atomic mass is 19.1. The lowest BCUT2D eigenvalue weighted by Crippen LogP contribution is -2.23. The average Bonchev–Trinajstić information content (AvgIpc) is 2.56. The Labute approximate surface area is 132 Å². The molecule has 120 valence electrons. The summed E-state index contributed by atoms with van der Waals surface area (Å²) in [6, 6.07) is 9.91. The molecule has 0 aliphatic rings. The second-order valence-electron chi connectivity index (χ2n) is 4.62. The number of hydrogen-bond acceptors (Lipinski definition) is 4. The average molecular weight is 317 g/mol. The lowest BCUT2D eigenvalue weighted by atomic mass is 10.2. The molecule has 0 heterocycles. The van der Waals surface area contributed by atoms with Crippen LogP contribution in [0.5, 0.6) is 5.75 Å². The van der Waals surface area contributed by atoms with Gasteiger partial charge in [0.25, 0.3) is 5.91 Å². The first-order valence-corrected chi connectivity index (χ1v) is 6.78. The van der Waals surface area contributed by atoms with E-state index in [0.29, 0.717) is 22.7 Å². The normalized spacial score (nSPS) is 10.0. The van der Waals surface area contributed by atoms with Crippen molar-refractivity contribution in [1.29, 1.82) is 0 Å². The minimum atomic E-state index is -0.432. The molecule has 0 saturated heterocycles. The third-order valence-corrected chi connectivity index (χ3v) is 3.04. The molecule has 0 radical (unpaired) electrons. The second kappa shape index (κ2) is 7.37. The van der Waals surface area contributed by atoms with Crippen LogP contribution in [0.25, 0.3) is 0 Å². The van der Waals surface area contributed by atoms with Gasteiger partial charge in [-0.1, -0.05) is 0 Å². The Bertz CT molecular complexity index is 717. The maximum atomic E-state index is 12.9. The number of carbonyl (C=O) groups excluding carboxylic acids is 2. The van der Waals surface area contributed by atoms with Crippen LogP contribution in [-0.2, 0) is 4.79 Å². The molecule has 0 aliphatic heterocycles. The van der Waals surface area contributed by atoms with Crippen LogP contribution in [0.3, 0.4) is 0 Å². The van der Waals surface area contributed by atoms with Gasteiger partial charge in [-0.25, -0.2) is 4.39 Å². The van der Waals surface area contributed by atoms with Gasteiger partial charge < -0.3 is 21.1 Å². The molecule has 6 nitrogen and oxygen atoms in total. The minimum Gasteiger partial charge on any atom is -0.497 e. The molecule has 7 heteroatoms. The highest BCUT2D eigenvalue weighted by molar-refractivity contribution is 6.07. The molecule has 0 unspecified atom stereocenters. The second-order valence-corrected chi connectivity index (χ2v) is 4.62. The largest absolute Gasteiger partial charge is 0.497 e. The Kier molecular flexibility index (Phi) is 5.27. The van der Waals surface area contributed by atoms with Crippen LogP contribution < -0.4 is 21.1 Å². The first kappa shape index (κ1) is 16.4. The Morgan fingerprint density at radius 3 is 2.39 bits per heavy atom. The van der Waals surface area contributed by atoms with E-state index in [9.17, 15) is 14.0 Å². The molecule has 2 aromatic carbocycles. The summed E-state index contributed by atoms with van der Waals surface area (Å²) in [5.74, 6) is -0.757. The van der Waals surface area contributed by atoms with E-state index in [-0.39, 0.29) is 6.54 Å². The Morgan fingerprint density at radius 2 is 1.78 bits per heavy atom. The lowest BCUT2D eigenvalue weighted by molar-refractivity contribution is -0.114. The highest BCUT2D eigenvalue weighted by Crippen LogP contribution is 2.27. The lowest BCUT2D eigenvalue weighted by Gasteiger charge is -2.13. The molecule has 0 aliphatic carbocycles. The number of rotatable bonds is 5. The van der Waals surface area contributed by atoms with Crippen LogP contribution in [-0.4, -0.2) is 25.5 Å². The van der Waals surface area contributed by atoms with Gasteiger partial charge in [0.1, 0.15) is 11.6 Å². The predicted octanol–water partition coefficient (Wildman–Crippen LogP) is 1.98. The summed E-state index contributed by atoms with van der Waals surface area (Å²) in [5.41, 5.74) is 6.30. The van der Waals surface area contributed by atoms with Crippen LogP contribution in [0.1, 0.15) is 10.4 Å².